The minimum atomic E-state index is -0.410. The third kappa shape index (κ3) is 4.66. The van der Waals surface area contributed by atoms with Crippen LogP contribution in [0.5, 0.6) is 0 Å². The molecule has 1 aromatic carbocycles. The Hall–Kier alpha value is -2.52. The average Bonchev–Trinajstić information content (AvgIpc) is 2.68. The Balaban J connectivity index is 1.83. The van der Waals surface area contributed by atoms with Crippen LogP contribution >= 0.6 is 0 Å². The lowest BCUT2D eigenvalue weighted by Gasteiger charge is -2.43. The summed E-state index contributed by atoms with van der Waals surface area (Å²) >= 11 is 0. The van der Waals surface area contributed by atoms with Gasteiger partial charge in [-0.1, -0.05) is 20.8 Å². The van der Waals surface area contributed by atoms with Gasteiger partial charge in [-0.05, 0) is 48.6 Å². The van der Waals surface area contributed by atoms with E-state index in [0.29, 0.717) is 5.92 Å². The number of halogens is 1. The van der Waals surface area contributed by atoms with Crippen molar-refractivity contribution in [3.63, 3.8) is 0 Å². The van der Waals surface area contributed by atoms with E-state index >= 15 is 0 Å². The Labute approximate surface area is 166 Å². The van der Waals surface area contributed by atoms with Crippen LogP contribution in [0.1, 0.15) is 44.0 Å². The van der Waals surface area contributed by atoms with Crippen LogP contribution in [0.4, 0.5) is 10.1 Å². The number of anilines is 1. The molecule has 1 saturated heterocycles. The van der Waals surface area contributed by atoms with Gasteiger partial charge in [0.2, 0.25) is 0 Å². The normalized spacial score (nSPS) is 17.7. The number of piperazine rings is 1. The molecule has 28 heavy (non-hydrogen) atoms. The highest BCUT2D eigenvalue weighted by atomic mass is 19.1. The zero-order chi connectivity index (χ0) is 20.1. The molecule has 1 aliphatic heterocycles. The lowest BCUT2D eigenvalue weighted by Crippen LogP contribution is -2.53. The van der Waals surface area contributed by atoms with E-state index < -0.39 is 5.82 Å². The molecule has 1 fully saturated rings. The smallest absolute Gasteiger partial charge is 0.143 e. The van der Waals surface area contributed by atoms with Crippen molar-refractivity contribution < 1.29 is 4.39 Å². The molecule has 3 rings (SSSR count). The van der Waals surface area contributed by atoms with Gasteiger partial charge in [0.25, 0.3) is 0 Å². The average molecular weight is 381 g/mol. The van der Waals surface area contributed by atoms with Crippen LogP contribution in [0.3, 0.4) is 0 Å². The van der Waals surface area contributed by atoms with Gasteiger partial charge >= 0.3 is 0 Å². The van der Waals surface area contributed by atoms with Gasteiger partial charge in [-0.15, -0.1) is 0 Å². The fraction of sp³-hybridized carbons (Fsp3) is 0.500. The van der Waals surface area contributed by atoms with Crippen LogP contribution in [-0.2, 0) is 13.0 Å². The Bertz CT molecular complexity index is 831. The van der Waals surface area contributed by atoms with Crippen LogP contribution < -0.4 is 4.90 Å². The molecule has 0 radical (unpaired) electrons. The van der Waals surface area contributed by atoms with Crippen LogP contribution in [-0.4, -0.2) is 40.8 Å². The molecule has 1 aliphatic rings. The van der Waals surface area contributed by atoms with E-state index in [0.717, 1.165) is 56.0 Å². The molecule has 0 bridgehead atoms. The van der Waals surface area contributed by atoms with E-state index in [1.807, 2.05) is 18.2 Å². The summed E-state index contributed by atoms with van der Waals surface area (Å²) in [5.74, 6) is 0.0264. The first kappa shape index (κ1) is 20.2. The van der Waals surface area contributed by atoms with Gasteiger partial charge in [-0.25, -0.2) is 4.39 Å². The second-order valence-corrected chi connectivity index (χ2v) is 7.89. The Morgan fingerprint density at radius 2 is 2.14 bits per heavy atom. The van der Waals surface area contributed by atoms with E-state index in [-0.39, 0.29) is 11.6 Å². The molecule has 5 nitrogen and oxygen atoms in total. The molecule has 2 aromatic rings. The zero-order valence-corrected chi connectivity index (χ0v) is 16.9. The molecule has 0 saturated carbocycles. The number of nitrogens with zero attached hydrogens (tertiary/aromatic N) is 5. The van der Waals surface area contributed by atoms with Crippen molar-refractivity contribution >= 4 is 5.69 Å². The second-order valence-electron chi connectivity index (χ2n) is 7.89. The van der Waals surface area contributed by atoms with Crippen molar-refractivity contribution in [3.05, 3.63) is 53.1 Å². The summed E-state index contributed by atoms with van der Waals surface area (Å²) < 4.78 is 14.6. The minimum absolute atomic E-state index is 0.160. The van der Waals surface area contributed by atoms with Gasteiger partial charge in [-0.3, -0.25) is 4.90 Å². The van der Waals surface area contributed by atoms with Gasteiger partial charge in [0.1, 0.15) is 17.4 Å². The van der Waals surface area contributed by atoms with Crippen LogP contribution in [0.25, 0.3) is 0 Å². The molecule has 0 amide bonds. The molecular weight excluding hydrogens is 353 g/mol. The molecular formula is C22H28FN5. The van der Waals surface area contributed by atoms with Gasteiger partial charge in [0.15, 0.2) is 0 Å². The minimum Gasteiger partial charge on any atom is -0.365 e. The van der Waals surface area contributed by atoms with E-state index in [2.05, 4.69) is 46.8 Å². The second kappa shape index (κ2) is 9.11. The molecule has 148 valence electrons. The first-order valence-corrected chi connectivity index (χ1v) is 9.99. The number of benzene rings is 1. The highest BCUT2D eigenvalue weighted by molar-refractivity contribution is 5.62. The van der Waals surface area contributed by atoms with Crippen molar-refractivity contribution in [2.24, 2.45) is 5.92 Å². The summed E-state index contributed by atoms with van der Waals surface area (Å²) in [6, 6.07) is 9.74. The van der Waals surface area contributed by atoms with E-state index in [1.54, 1.807) is 6.20 Å². The van der Waals surface area contributed by atoms with Crippen LogP contribution in [0.15, 0.2) is 30.5 Å². The van der Waals surface area contributed by atoms with Gasteiger partial charge in [0.05, 0.1) is 11.4 Å². The zero-order valence-electron chi connectivity index (χ0n) is 16.9. The first-order chi connectivity index (χ1) is 13.5. The summed E-state index contributed by atoms with van der Waals surface area (Å²) in [4.78, 5) is 4.58. The Morgan fingerprint density at radius 3 is 2.79 bits per heavy atom. The lowest BCUT2D eigenvalue weighted by molar-refractivity contribution is 0.209. The van der Waals surface area contributed by atoms with Crippen molar-refractivity contribution in [2.75, 3.05) is 24.5 Å². The van der Waals surface area contributed by atoms with Crippen LogP contribution in [0.2, 0.25) is 0 Å². The van der Waals surface area contributed by atoms with Gasteiger partial charge < -0.3 is 4.90 Å². The largest absolute Gasteiger partial charge is 0.365 e. The molecule has 0 N–H and O–H groups in total. The van der Waals surface area contributed by atoms with Crippen molar-refractivity contribution in [1.82, 2.24) is 15.1 Å². The Kier molecular flexibility index (Phi) is 6.58. The number of nitriles is 1. The molecule has 1 aromatic heterocycles. The third-order valence-electron chi connectivity index (χ3n) is 5.25. The molecule has 2 heterocycles. The van der Waals surface area contributed by atoms with Crippen molar-refractivity contribution in [1.29, 1.82) is 5.26 Å². The van der Waals surface area contributed by atoms with E-state index in [1.165, 1.54) is 6.07 Å². The molecule has 6 heteroatoms. The van der Waals surface area contributed by atoms with E-state index in [9.17, 15) is 9.65 Å². The number of hydrogen-bond donors (Lipinski definition) is 0. The van der Waals surface area contributed by atoms with Gasteiger partial charge in [0, 0.05) is 38.4 Å². The predicted octanol–water partition coefficient (Wildman–Crippen LogP) is 3.79. The van der Waals surface area contributed by atoms with Crippen molar-refractivity contribution in [2.45, 2.75) is 46.2 Å². The highest BCUT2D eigenvalue weighted by Gasteiger charge is 2.29. The number of rotatable bonds is 6. The SMILES string of the molecule is CCC1CN(Cc2cccnn2)CCN1c1cc(CC(C)C)cc(F)c1C#N. The van der Waals surface area contributed by atoms with E-state index in [4.69, 9.17) is 0 Å². The predicted molar refractivity (Wildman–Crippen MR) is 108 cm³/mol. The standard InChI is InChI=1S/C22H28FN5/c1-4-19-15-27(14-18-6-5-7-25-26-18)8-9-28(19)22-12-17(10-16(2)3)11-21(23)20(22)13-24/h5-7,11-12,16,19H,4,8-10,14-15H2,1-3H3. The maximum atomic E-state index is 14.6. The molecule has 0 aliphatic carbocycles. The summed E-state index contributed by atoms with van der Waals surface area (Å²) in [6.07, 6.45) is 3.41. The molecule has 1 atom stereocenters. The summed E-state index contributed by atoms with van der Waals surface area (Å²) in [5.41, 5.74) is 2.81. The maximum absolute atomic E-state index is 14.6. The van der Waals surface area contributed by atoms with Crippen molar-refractivity contribution in [3.8, 4) is 6.07 Å². The molecule has 0 spiro atoms. The quantitative estimate of drug-likeness (QED) is 0.762. The fourth-order valence-electron chi connectivity index (χ4n) is 3.95. The summed E-state index contributed by atoms with van der Waals surface area (Å²) in [6.45, 7) is 9.60. The van der Waals surface area contributed by atoms with Gasteiger partial charge in [-0.2, -0.15) is 15.5 Å². The van der Waals surface area contributed by atoms with Crippen LogP contribution in [0, 0.1) is 23.1 Å². The molecule has 1 unspecified atom stereocenters. The number of aromatic nitrogens is 2. The summed E-state index contributed by atoms with van der Waals surface area (Å²) in [5, 5.41) is 17.7. The first-order valence-electron chi connectivity index (χ1n) is 9.99. The third-order valence-corrected chi connectivity index (χ3v) is 5.25. The monoisotopic (exact) mass is 381 g/mol. The number of hydrogen-bond acceptors (Lipinski definition) is 5. The Morgan fingerprint density at radius 1 is 1.32 bits per heavy atom. The lowest BCUT2D eigenvalue weighted by atomic mass is 9.98. The topological polar surface area (TPSA) is 56.1 Å². The highest BCUT2D eigenvalue weighted by Crippen LogP contribution is 2.30. The fourth-order valence-corrected chi connectivity index (χ4v) is 3.95. The summed E-state index contributed by atoms with van der Waals surface area (Å²) in [7, 11) is 0. The maximum Gasteiger partial charge on any atom is 0.143 e.